The highest BCUT2D eigenvalue weighted by atomic mass is 16.1. The Hall–Kier alpha value is -0.330. The average Bonchev–Trinajstić information content (AvgIpc) is 2.41. The lowest BCUT2D eigenvalue weighted by atomic mass is 9.71. The molecule has 0 amide bonds. The lowest BCUT2D eigenvalue weighted by Gasteiger charge is -2.32. The monoisotopic (exact) mass is 222 g/mol. The zero-order valence-electron chi connectivity index (χ0n) is 10.9. The van der Waals surface area contributed by atoms with E-state index in [2.05, 4.69) is 13.8 Å². The molecule has 0 spiro atoms. The van der Waals surface area contributed by atoms with Crippen LogP contribution in [-0.2, 0) is 4.79 Å². The second-order valence-electron chi connectivity index (χ2n) is 6.50. The molecule has 2 saturated carbocycles. The third kappa shape index (κ3) is 2.49. The highest BCUT2D eigenvalue weighted by Gasteiger charge is 2.39. The van der Waals surface area contributed by atoms with E-state index in [0.717, 1.165) is 12.3 Å². The zero-order valence-corrected chi connectivity index (χ0v) is 10.9. The molecule has 2 aliphatic rings. The van der Waals surface area contributed by atoms with Crippen molar-refractivity contribution in [1.82, 2.24) is 0 Å². The van der Waals surface area contributed by atoms with Gasteiger partial charge < -0.3 is 0 Å². The van der Waals surface area contributed by atoms with Crippen molar-refractivity contribution in [2.24, 2.45) is 17.3 Å². The quantitative estimate of drug-likeness (QED) is 0.603. The first kappa shape index (κ1) is 12.1. The van der Waals surface area contributed by atoms with Crippen molar-refractivity contribution in [3.05, 3.63) is 0 Å². The maximum absolute atomic E-state index is 12.6. The largest absolute Gasteiger partial charge is 0.299 e. The van der Waals surface area contributed by atoms with E-state index in [1.807, 2.05) is 0 Å². The van der Waals surface area contributed by atoms with Crippen LogP contribution >= 0.6 is 0 Å². The van der Waals surface area contributed by atoms with Gasteiger partial charge in [-0.25, -0.2) is 0 Å². The molecule has 0 bridgehead atoms. The second kappa shape index (κ2) is 4.89. The molecule has 16 heavy (non-hydrogen) atoms. The molecule has 0 N–H and O–H groups in total. The number of hydrogen-bond acceptors (Lipinski definition) is 1. The van der Waals surface area contributed by atoms with Crippen molar-refractivity contribution in [3.8, 4) is 0 Å². The van der Waals surface area contributed by atoms with Gasteiger partial charge in [0.1, 0.15) is 5.78 Å². The van der Waals surface area contributed by atoms with E-state index >= 15 is 0 Å². The molecule has 0 aromatic carbocycles. The van der Waals surface area contributed by atoms with Crippen molar-refractivity contribution in [2.45, 2.75) is 71.6 Å². The number of rotatable bonds is 1. The molecule has 0 aromatic rings. The lowest BCUT2D eigenvalue weighted by Crippen LogP contribution is -2.34. The molecular formula is C15H26O. The molecule has 2 fully saturated rings. The highest BCUT2D eigenvalue weighted by Crippen LogP contribution is 2.41. The van der Waals surface area contributed by atoms with Crippen molar-refractivity contribution < 1.29 is 4.79 Å². The zero-order chi connectivity index (χ0) is 11.6. The van der Waals surface area contributed by atoms with Gasteiger partial charge in [-0.15, -0.1) is 0 Å². The molecule has 2 rings (SSSR count). The summed E-state index contributed by atoms with van der Waals surface area (Å²) in [6.45, 7) is 4.33. The third-order valence-corrected chi connectivity index (χ3v) is 4.79. The number of ketones is 1. The van der Waals surface area contributed by atoms with Crippen LogP contribution in [0.25, 0.3) is 0 Å². The first-order valence-electron chi connectivity index (χ1n) is 7.15. The van der Waals surface area contributed by atoms with Crippen molar-refractivity contribution >= 4 is 5.78 Å². The Morgan fingerprint density at radius 3 is 2.25 bits per heavy atom. The minimum absolute atomic E-state index is 0.0430. The van der Waals surface area contributed by atoms with Crippen LogP contribution in [0.2, 0.25) is 0 Å². The second-order valence-corrected chi connectivity index (χ2v) is 6.50. The van der Waals surface area contributed by atoms with Crippen LogP contribution in [0.3, 0.4) is 0 Å². The van der Waals surface area contributed by atoms with Gasteiger partial charge in [0.15, 0.2) is 0 Å². The van der Waals surface area contributed by atoms with Crippen molar-refractivity contribution in [1.29, 1.82) is 0 Å². The Kier molecular flexibility index (Phi) is 3.71. The summed E-state index contributed by atoms with van der Waals surface area (Å²) in [6, 6.07) is 0. The first-order valence-corrected chi connectivity index (χ1v) is 7.15. The fraction of sp³-hybridized carbons (Fsp3) is 0.933. The predicted molar refractivity (Wildman–Crippen MR) is 67.3 cm³/mol. The van der Waals surface area contributed by atoms with E-state index in [0.29, 0.717) is 11.7 Å². The topological polar surface area (TPSA) is 17.1 Å². The molecule has 1 atom stereocenters. The average molecular weight is 222 g/mol. The summed E-state index contributed by atoms with van der Waals surface area (Å²) in [5, 5.41) is 0. The molecule has 0 unspecified atom stereocenters. The Labute approximate surface area is 100.0 Å². The molecule has 0 radical (unpaired) electrons. The molecule has 0 saturated heterocycles. The Balaban J connectivity index is 2.08. The summed E-state index contributed by atoms with van der Waals surface area (Å²) in [5.41, 5.74) is -0.0430. The Morgan fingerprint density at radius 1 is 0.938 bits per heavy atom. The fourth-order valence-electron chi connectivity index (χ4n) is 3.67. The molecular weight excluding hydrogens is 196 g/mol. The Bertz CT molecular complexity index is 248. The van der Waals surface area contributed by atoms with Gasteiger partial charge in [0.2, 0.25) is 0 Å². The van der Waals surface area contributed by atoms with Gasteiger partial charge in [0.05, 0.1) is 0 Å². The van der Waals surface area contributed by atoms with Gasteiger partial charge in [-0.05, 0) is 31.6 Å². The summed E-state index contributed by atoms with van der Waals surface area (Å²) < 4.78 is 0. The molecule has 1 heteroatoms. The summed E-state index contributed by atoms with van der Waals surface area (Å²) >= 11 is 0. The summed E-state index contributed by atoms with van der Waals surface area (Å²) in [6.07, 6.45) is 11.5. The molecule has 0 aliphatic heterocycles. The number of carbonyl (C=O) groups excluding carboxylic acids is 1. The van der Waals surface area contributed by atoms with Crippen LogP contribution in [0.1, 0.15) is 71.6 Å². The van der Waals surface area contributed by atoms with Crippen LogP contribution in [0.15, 0.2) is 0 Å². The van der Waals surface area contributed by atoms with Crippen molar-refractivity contribution in [3.63, 3.8) is 0 Å². The maximum atomic E-state index is 12.6. The van der Waals surface area contributed by atoms with Gasteiger partial charge in [-0.3, -0.25) is 4.79 Å². The first-order chi connectivity index (χ1) is 7.61. The van der Waals surface area contributed by atoms with Crippen LogP contribution < -0.4 is 0 Å². The smallest absolute Gasteiger partial charge is 0.141 e. The summed E-state index contributed by atoms with van der Waals surface area (Å²) in [4.78, 5) is 12.6. The van der Waals surface area contributed by atoms with Crippen LogP contribution in [0.4, 0.5) is 0 Å². The van der Waals surface area contributed by atoms with Gasteiger partial charge >= 0.3 is 0 Å². The molecule has 0 heterocycles. The number of Topliss-reactive ketones (excluding diaryl/α,β-unsaturated/α-hetero) is 1. The lowest BCUT2D eigenvalue weighted by molar-refractivity contribution is -0.133. The molecule has 1 nitrogen and oxygen atoms in total. The normalized spacial score (nSPS) is 32.4. The molecule has 2 aliphatic carbocycles. The van der Waals surface area contributed by atoms with E-state index < -0.39 is 0 Å². The predicted octanol–water partition coefficient (Wildman–Crippen LogP) is 4.35. The van der Waals surface area contributed by atoms with E-state index in [9.17, 15) is 4.79 Å². The van der Waals surface area contributed by atoms with Crippen molar-refractivity contribution in [2.75, 3.05) is 0 Å². The fourth-order valence-corrected chi connectivity index (χ4v) is 3.67. The minimum Gasteiger partial charge on any atom is -0.299 e. The van der Waals surface area contributed by atoms with Gasteiger partial charge in [0, 0.05) is 11.3 Å². The maximum Gasteiger partial charge on any atom is 0.141 e. The van der Waals surface area contributed by atoms with E-state index in [4.69, 9.17) is 0 Å². The number of hydrogen-bond donors (Lipinski definition) is 0. The van der Waals surface area contributed by atoms with Crippen LogP contribution in [-0.4, -0.2) is 5.78 Å². The summed E-state index contributed by atoms with van der Waals surface area (Å²) in [7, 11) is 0. The highest BCUT2D eigenvalue weighted by molar-refractivity contribution is 5.86. The molecule has 92 valence electrons. The molecule has 0 aromatic heterocycles. The van der Waals surface area contributed by atoms with E-state index in [1.165, 1.54) is 51.4 Å². The van der Waals surface area contributed by atoms with Crippen LogP contribution in [0, 0.1) is 17.3 Å². The van der Waals surface area contributed by atoms with Gasteiger partial charge in [-0.1, -0.05) is 46.0 Å². The standard InChI is InChI=1S/C15H26O/c1-15(2)11-7-6-10-13(14(15)16)12-8-4-3-5-9-12/h12-13H,3-11H2,1-2H3/t13-/m1/s1. The third-order valence-electron chi connectivity index (χ3n) is 4.79. The van der Waals surface area contributed by atoms with E-state index in [1.54, 1.807) is 0 Å². The van der Waals surface area contributed by atoms with Crippen LogP contribution in [0.5, 0.6) is 0 Å². The van der Waals surface area contributed by atoms with Gasteiger partial charge in [0.25, 0.3) is 0 Å². The minimum atomic E-state index is -0.0430. The SMILES string of the molecule is CC1(C)CCCC[C@H](C2CCCCC2)C1=O. The van der Waals surface area contributed by atoms with E-state index in [-0.39, 0.29) is 5.41 Å². The Morgan fingerprint density at radius 2 is 1.56 bits per heavy atom. The van der Waals surface area contributed by atoms with Gasteiger partial charge in [-0.2, -0.15) is 0 Å². The number of carbonyl (C=O) groups is 1. The summed E-state index contributed by atoms with van der Waals surface area (Å²) in [5.74, 6) is 1.70.